The van der Waals surface area contributed by atoms with E-state index >= 15 is 4.57 Å². The van der Waals surface area contributed by atoms with E-state index in [4.69, 9.17) is 15.0 Å². The molecule has 1 aliphatic rings. The quantitative estimate of drug-likeness (QED) is 0.185. The van der Waals surface area contributed by atoms with E-state index < -0.39 is 7.29 Å². The number of hydrogen-bond acceptors (Lipinski definition) is 4. The molecule has 1 aliphatic heterocycles. The topological polar surface area (TPSA) is 59.0 Å². The molecule has 2 heterocycles. The van der Waals surface area contributed by atoms with Crippen LogP contribution in [0.25, 0.3) is 45.0 Å². The average Bonchev–Trinajstić information content (AvgIpc) is 3.13. The molecule has 0 spiro atoms. The van der Waals surface area contributed by atoms with Crippen LogP contribution < -0.4 is 15.5 Å². The number of hydrogen-bond donors (Lipinski definition) is 0. The van der Waals surface area contributed by atoms with Crippen LogP contribution >= 0.6 is 7.29 Å². The molecule has 5 nitrogen and oxygen atoms in total. The first-order chi connectivity index (χ1) is 22.2. The summed E-state index contributed by atoms with van der Waals surface area (Å²) in [4.78, 5) is 14.9. The van der Waals surface area contributed by atoms with Gasteiger partial charge in [0, 0.05) is 27.7 Å². The molecular formula is C39H27N4OP. The molecule has 6 aromatic carbocycles. The van der Waals surface area contributed by atoms with Crippen molar-refractivity contribution in [2.45, 2.75) is 0 Å². The molecule has 214 valence electrons. The van der Waals surface area contributed by atoms with Crippen LogP contribution in [0.4, 0.5) is 11.4 Å². The van der Waals surface area contributed by atoms with Crippen LogP contribution in [-0.2, 0) is 4.57 Å². The highest BCUT2D eigenvalue weighted by Gasteiger charge is 2.46. The van der Waals surface area contributed by atoms with Gasteiger partial charge in [0.2, 0.25) is 5.57 Å². The van der Waals surface area contributed by atoms with Gasteiger partial charge in [-0.1, -0.05) is 140 Å². The molecular weight excluding hydrogens is 571 g/mol. The van der Waals surface area contributed by atoms with Gasteiger partial charge in [0.25, 0.3) is 7.29 Å². The fourth-order valence-electron chi connectivity index (χ4n) is 6.07. The molecule has 6 heteroatoms. The number of aromatic nitrogens is 3. The second-order valence-electron chi connectivity index (χ2n) is 10.8. The zero-order chi connectivity index (χ0) is 30.2. The van der Waals surface area contributed by atoms with E-state index in [0.29, 0.717) is 17.0 Å². The number of anilines is 2. The maximum atomic E-state index is 16.3. The van der Waals surface area contributed by atoms with Crippen molar-refractivity contribution in [3.63, 3.8) is 0 Å². The monoisotopic (exact) mass is 598 g/mol. The fourth-order valence-corrected chi connectivity index (χ4v) is 8.87. The largest absolute Gasteiger partial charge is 0.286 e. The van der Waals surface area contributed by atoms with Crippen LogP contribution in [0.5, 0.6) is 0 Å². The van der Waals surface area contributed by atoms with Crippen LogP contribution in [0.2, 0.25) is 0 Å². The van der Waals surface area contributed by atoms with Crippen molar-refractivity contribution < 1.29 is 4.57 Å². The predicted octanol–water partition coefficient (Wildman–Crippen LogP) is 8.92. The van der Waals surface area contributed by atoms with E-state index in [9.17, 15) is 0 Å². The number of para-hydroxylation sites is 1. The predicted molar refractivity (Wildman–Crippen MR) is 183 cm³/mol. The smallest absolute Gasteiger partial charge is 0.270 e. The van der Waals surface area contributed by atoms with E-state index in [0.717, 1.165) is 44.8 Å². The lowest BCUT2D eigenvalue weighted by molar-refractivity contribution is 0.585. The summed E-state index contributed by atoms with van der Waals surface area (Å²) in [6, 6.07) is 54.1. The summed E-state index contributed by atoms with van der Waals surface area (Å²) in [5, 5.41) is 0.689. The van der Waals surface area contributed by atoms with E-state index in [-0.39, 0.29) is 5.57 Å². The minimum atomic E-state index is -3.76. The summed E-state index contributed by atoms with van der Waals surface area (Å²) in [5.41, 5.74) is 7.62. The SMILES string of the molecule is O=P1(c2nc(-c3ccccc3)nc(-c3ccccc3)n2)c2ccccc2-c2c(-c3ccccc3)cccc2N1c1ccccc1. The Morgan fingerprint density at radius 3 is 1.53 bits per heavy atom. The van der Waals surface area contributed by atoms with Crippen LogP contribution in [0.1, 0.15) is 0 Å². The van der Waals surface area contributed by atoms with Gasteiger partial charge in [-0.25, -0.2) is 15.0 Å². The summed E-state index contributed by atoms with van der Waals surface area (Å²) >= 11 is 0. The Labute approximate surface area is 262 Å². The van der Waals surface area contributed by atoms with E-state index in [2.05, 4.69) is 30.3 Å². The summed E-state index contributed by atoms with van der Waals surface area (Å²) in [5.74, 6) is 0.952. The highest BCUT2D eigenvalue weighted by atomic mass is 31.2. The molecule has 45 heavy (non-hydrogen) atoms. The first kappa shape index (κ1) is 26.9. The lowest BCUT2D eigenvalue weighted by atomic mass is 9.92. The summed E-state index contributed by atoms with van der Waals surface area (Å²) in [6.45, 7) is 0. The Morgan fingerprint density at radius 2 is 0.933 bits per heavy atom. The standard InChI is InChI=1S/C39H27N4OP/c44-45(39-41-37(29-18-7-2-8-19-29)40-38(42-39)30-20-9-3-10-21-30)35-27-14-13-24-33(35)36-32(28-16-5-1-6-17-28)25-15-26-34(36)43(45)31-22-11-4-12-23-31/h1-27H. The molecule has 1 unspecified atom stereocenters. The summed E-state index contributed by atoms with van der Waals surface area (Å²) in [6.07, 6.45) is 0. The van der Waals surface area contributed by atoms with Crippen LogP contribution in [-0.4, -0.2) is 15.0 Å². The third-order valence-corrected chi connectivity index (χ3v) is 10.9. The second kappa shape index (κ2) is 11.1. The van der Waals surface area contributed by atoms with Gasteiger partial charge >= 0.3 is 0 Å². The van der Waals surface area contributed by atoms with Crippen molar-refractivity contribution >= 4 is 29.5 Å². The normalized spacial score (nSPS) is 15.2. The molecule has 0 saturated heterocycles. The molecule has 7 aromatic rings. The molecule has 0 N–H and O–H groups in total. The van der Waals surface area contributed by atoms with Crippen LogP contribution in [0.15, 0.2) is 164 Å². The van der Waals surface area contributed by atoms with Crippen molar-refractivity contribution in [3.8, 4) is 45.0 Å². The van der Waals surface area contributed by atoms with E-state index in [1.165, 1.54) is 0 Å². The third-order valence-electron chi connectivity index (χ3n) is 8.10. The molecule has 0 radical (unpaired) electrons. The van der Waals surface area contributed by atoms with Gasteiger partial charge in [0.05, 0.1) is 5.69 Å². The van der Waals surface area contributed by atoms with Crippen molar-refractivity contribution in [1.82, 2.24) is 15.0 Å². The van der Waals surface area contributed by atoms with Crippen molar-refractivity contribution in [3.05, 3.63) is 164 Å². The molecule has 1 atom stereocenters. The molecule has 1 aromatic heterocycles. The molecule has 0 bridgehead atoms. The molecule has 0 aliphatic carbocycles. The zero-order valence-electron chi connectivity index (χ0n) is 24.2. The highest BCUT2D eigenvalue weighted by Crippen LogP contribution is 2.61. The van der Waals surface area contributed by atoms with Gasteiger partial charge in [-0.2, -0.15) is 0 Å². The van der Waals surface area contributed by atoms with Gasteiger partial charge in [-0.3, -0.25) is 9.24 Å². The van der Waals surface area contributed by atoms with Gasteiger partial charge in [0.1, 0.15) is 0 Å². The maximum Gasteiger partial charge on any atom is 0.270 e. The Morgan fingerprint density at radius 1 is 0.444 bits per heavy atom. The Balaban J connectivity index is 1.47. The minimum Gasteiger partial charge on any atom is -0.286 e. The average molecular weight is 599 g/mol. The third kappa shape index (κ3) is 4.57. The van der Waals surface area contributed by atoms with Crippen LogP contribution in [0, 0.1) is 0 Å². The molecule has 0 fully saturated rings. The van der Waals surface area contributed by atoms with Gasteiger partial charge in [-0.05, 0) is 41.0 Å². The van der Waals surface area contributed by atoms with Crippen molar-refractivity contribution in [2.75, 3.05) is 4.67 Å². The summed E-state index contributed by atoms with van der Waals surface area (Å²) < 4.78 is 18.3. The number of fused-ring (bicyclic) bond motifs is 3. The number of benzene rings is 6. The van der Waals surface area contributed by atoms with Crippen LogP contribution in [0.3, 0.4) is 0 Å². The van der Waals surface area contributed by atoms with Gasteiger partial charge in [0.15, 0.2) is 11.6 Å². The number of rotatable bonds is 5. The Kier molecular flexibility index (Phi) is 6.66. The molecule has 8 rings (SSSR count). The molecule has 0 amide bonds. The van der Waals surface area contributed by atoms with Gasteiger partial charge < -0.3 is 0 Å². The lowest BCUT2D eigenvalue weighted by Gasteiger charge is -2.39. The fraction of sp³-hybridized carbons (Fsp3) is 0. The first-order valence-corrected chi connectivity index (χ1v) is 16.5. The van der Waals surface area contributed by atoms with Crippen molar-refractivity contribution in [2.24, 2.45) is 0 Å². The van der Waals surface area contributed by atoms with Gasteiger partial charge in [-0.15, -0.1) is 0 Å². The number of nitrogens with zero attached hydrogens (tertiary/aromatic N) is 4. The highest BCUT2D eigenvalue weighted by molar-refractivity contribution is 7.80. The van der Waals surface area contributed by atoms with E-state index in [1.54, 1.807) is 0 Å². The second-order valence-corrected chi connectivity index (χ2v) is 13.3. The van der Waals surface area contributed by atoms with Crippen molar-refractivity contribution in [1.29, 1.82) is 0 Å². The zero-order valence-corrected chi connectivity index (χ0v) is 25.1. The Hall–Kier alpha value is -5.64. The lowest BCUT2D eigenvalue weighted by Crippen LogP contribution is -2.37. The Bertz CT molecular complexity index is 2130. The summed E-state index contributed by atoms with van der Waals surface area (Å²) in [7, 11) is -3.76. The maximum absolute atomic E-state index is 16.3. The molecule has 0 saturated carbocycles. The van der Waals surface area contributed by atoms with E-state index in [1.807, 2.05) is 138 Å². The first-order valence-electron chi connectivity index (χ1n) is 14.8. The minimum absolute atomic E-state index is 0.238.